The summed E-state index contributed by atoms with van der Waals surface area (Å²) in [5.74, 6) is 0.977. The molecule has 2 fully saturated rings. The number of aryl methyl sites for hydroxylation is 1. The summed E-state index contributed by atoms with van der Waals surface area (Å²) in [7, 11) is -3.84. The molecule has 4 aromatic heterocycles. The summed E-state index contributed by atoms with van der Waals surface area (Å²) in [5.41, 5.74) is 7.45. The van der Waals surface area contributed by atoms with E-state index in [1.54, 1.807) is 60.9 Å². The van der Waals surface area contributed by atoms with Crippen molar-refractivity contribution in [1.82, 2.24) is 28.7 Å². The first-order chi connectivity index (χ1) is 22.5. The van der Waals surface area contributed by atoms with Crippen molar-refractivity contribution in [3.8, 4) is 11.5 Å². The van der Waals surface area contributed by atoms with Crippen molar-refractivity contribution in [2.24, 2.45) is 5.73 Å². The minimum absolute atomic E-state index is 0.218. The predicted octanol–water partition coefficient (Wildman–Crippen LogP) is 3.47. The first-order valence-electron chi connectivity index (χ1n) is 15.7. The van der Waals surface area contributed by atoms with Crippen LogP contribution < -0.4 is 10.6 Å². The monoisotopic (exact) mass is 674 g/mol. The molecule has 2 N–H and O–H groups in total. The number of nitrogens with two attached hydrogens (primary N) is 1. The van der Waals surface area contributed by atoms with Gasteiger partial charge in [-0.2, -0.15) is 0 Å². The van der Waals surface area contributed by atoms with Gasteiger partial charge < -0.3 is 15.4 Å². The van der Waals surface area contributed by atoms with Crippen LogP contribution in [0, 0.1) is 6.92 Å². The highest BCUT2D eigenvalue weighted by atomic mass is 32.2. The minimum atomic E-state index is -3.84. The third-order valence-electron chi connectivity index (χ3n) is 9.21. The highest BCUT2D eigenvalue weighted by Crippen LogP contribution is 2.37. The Morgan fingerprint density at radius 2 is 1.72 bits per heavy atom. The zero-order valence-electron chi connectivity index (χ0n) is 26.7. The smallest absolute Gasteiger partial charge is 0.268 e. The number of ether oxygens (including phenoxy) is 1. The Morgan fingerprint density at radius 1 is 1.00 bits per heavy atom. The van der Waals surface area contributed by atoms with Gasteiger partial charge in [0.15, 0.2) is 11.6 Å². The Balaban J connectivity index is 1.26. The van der Waals surface area contributed by atoms with Gasteiger partial charge in [-0.25, -0.2) is 22.4 Å². The van der Waals surface area contributed by atoms with Gasteiger partial charge in [0, 0.05) is 68.0 Å². The van der Waals surface area contributed by atoms with E-state index in [4.69, 9.17) is 25.4 Å². The van der Waals surface area contributed by atoms with Crippen molar-refractivity contribution in [1.29, 1.82) is 0 Å². The van der Waals surface area contributed by atoms with E-state index in [0.717, 1.165) is 48.8 Å². The van der Waals surface area contributed by atoms with Gasteiger partial charge in [0.25, 0.3) is 10.0 Å². The second-order valence-electron chi connectivity index (χ2n) is 12.5. The molecule has 0 saturated carbocycles. The van der Waals surface area contributed by atoms with E-state index in [-0.39, 0.29) is 10.8 Å². The number of benzene rings is 1. The normalized spacial score (nSPS) is 17.1. The van der Waals surface area contributed by atoms with E-state index in [1.807, 2.05) is 19.9 Å². The third-order valence-corrected chi connectivity index (χ3v) is 12.2. The molecule has 0 spiro atoms. The highest BCUT2D eigenvalue weighted by molar-refractivity contribution is 7.90. The Labute approximate surface area is 277 Å². The van der Waals surface area contributed by atoms with Crippen LogP contribution in [-0.2, 0) is 26.1 Å². The average Bonchev–Trinajstić information content (AvgIpc) is 3.65. The second kappa shape index (κ2) is 12.3. The molecule has 5 aromatic rings. The molecule has 1 amide bonds. The number of fused-ring (bicyclic) bond motifs is 2. The van der Waals surface area contributed by atoms with Gasteiger partial charge in [0.05, 0.1) is 39.4 Å². The fraction of sp³-hybridized carbons (Fsp3) is 0.394. The molecule has 7 rings (SSSR count). The summed E-state index contributed by atoms with van der Waals surface area (Å²) < 4.78 is 35.5. The van der Waals surface area contributed by atoms with E-state index < -0.39 is 15.6 Å². The van der Waals surface area contributed by atoms with E-state index >= 15 is 0 Å². The van der Waals surface area contributed by atoms with Crippen molar-refractivity contribution in [2.75, 3.05) is 57.4 Å². The van der Waals surface area contributed by atoms with Crippen LogP contribution in [0.25, 0.3) is 32.6 Å². The summed E-state index contributed by atoms with van der Waals surface area (Å²) in [6.45, 7) is 12.1. The number of carbonyl (C=O) groups excluding carboxylic acids is 1. The molecule has 0 aliphatic carbocycles. The molecule has 6 heterocycles. The van der Waals surface area contributed by atoms with Crippen molar-refractivity contribution < 1.29 is 17.9 Å². The predicted molar refractivity (Wildman–Crippen MR) is 183 cm³/mol. The van der Waals surface area contributed by atoms with E-state index in [2.05, 4.69) is 20.8 Å². The molecule has 246 valence electrons. The summed E-state index contributed by atoms with van der Waals surface area (Å²) in [6.07, 6.45) is 1.62. The number of hydrogen-bond donors (Lipinski definition) is 1. The lowest BCUT2D eigenvalue weighted by molar-refractivity contribution is -0.129. The standard InChI is InChI=1S/C33H38N8O4S2/c1-22-19-25-27(41(22)47(43,44)24-7-5-4-6-8-24)9-10-35-28(25)30-36-26-20-23(46-29(26)31(37-30)39-15-17-45-18-16-39)21-38-11-13-40(14-12-38)33(2,3)32(34)42/h4-10,19-20H,11-18,21H2,1-3H3,(H2,34,42). The molecule has 0 unspecified atom stereocenters. The van der Waals surface area contributed by atoms with Crippen molar-refractivity contribution in [3.05, 3.63) is 65.3 Å². The number of morpholine rings is 1. The summed E-state index contributed by atoms with van der Waals surface area (Å²) in [5, 5.41) is 0.670. The van der Waals surface area contributed by atoms with Crippen molar-refractivity contribution >= 4 is 54.2 Å². The maximum Gasteiger partial charge on any atom is 0.268 e. The Hall–Kier alpha value is -3.95. The number of carbonyl (C=O) groups is 1. The Morgan fingerprint density at radius 3 is 2.43 bits per heavy atom. The van der Waals surface area contributed by atoms with Gasteiger partial charge in [0.1, 0.15) is 5.69 Å². The lowest BCUT2D eigenvalue weighted by Gasteiger charge is -2.42. The van der Waals surface area contributed by atoms with Gasteiger partial charge in [-0.1, -0.05) is 18.2 Å². The number of thiophene rings is 1. The lowest BCUT2D eigenvalue weighted by atomic mass is 10.0. The molecule has 14 heteroatoms. The fourth-order valence-corrected chi connectivity index (χ4v) is 9.13. The van der Waals surface area contributed by atoms with Crippen LogP contribution in [0.1, 0.15) is 24.4 Å². The van der Waals surface area contributed by atoms with Gasteiger partial charge in [0.2, 0.25) is 5.91 Å². The molecule has 0 bridgehead atoms. The van der Waals surface area contributed by atoms with Gasteiger partial charge >= 0.3 is 0 Å². The zero-order valence-corrected chi connectivity index (χ0v) is 28.4. The van der Waals surface area contributed by atoms with Gasteiger partial charge in [-0.15, -0.1) is 11.3 Å². The largest absolute Gasteiger partial charge is 0.378 e. The summed E-state index contributed by atoms with van der Waals surface area (Å²) >= 11 is 1.70. The number of hydrogen-bond acceptors (Lipinski definition) is 11. The molecule has 47 heavy (non-hydrogen) atoms. The second-order valence-corrected chi connectivity index (χ2v) is 15.5. The maximum atomic E-state index is 13.7. The summed E-state index contributed by atoms with van der Waals surface area (Å²) in [4.78, 5) is 35.0. The van der Waals surface area contributed by atoms with Crippen LogP contribution in [-0.4, -0.2) is 101 Å². The van der Waals surface area contributed by atoms with Crippen molar-refractivity contribution in [3.63, 3.8) is 0 Å². The SMILES string of the molecule is Cc1cc2c(-c3nc(N4CCOCC4)c4sc(CN5CCN(C(C)(C)C(N)=O)CC5)cc4n3)nccc2n1S(=O)(=O)c1ccccc1. The van der Waals surface area contributed by atoms with Crippen LogP contribution in [0.5, 0.6) is 0 Å². The number of pyridine rings is 1. The van der Waals surface area contributed by atoms with E-state index in [1.165, 1.54) is 8.85 Å². The Kier molecular flexibility index (Phi) is 8.25. The van der Waals surface area contributed by atoms with Crippen LogP contribution >= 0.6 is 11.3 Å². The molecule has 2 saturated heterocycles. The van der Waals surface area contributed by atoms with Crippen molar-refractivity contribution in [2.45, 2.75) is 37.8 Å². The fourth-order valence-electron chi connectivity index (χ4n) is 6.41. The van der Waals surface area contributed by atoms with Crippen LogP contribution in [0.4, 0.5) is 5.82 Å². The van der Waals surface area contributed by atoms with E-state index in [0.29, 0.717) is 54.4 Å². The van der Waals surface area contributed by atoms with E-state index in [9.17, 15) is 13.2 Å². The van der Waals surface area contributed by atoms with Gasteiger partial charge in [-0.3, -0.25) is 19.6 Å². The molecule has 2 aliphatic rings. The molecular formula is C33H38N8O4S2. The quantitative estimate of drug-likeness (QED) is 0.260. The Bertz CT molecular complexity index is 2060. The zero-order chi connectivity index (χ0) is 32.9. The number of primary amides is 1. The van der Waals surface area contributed by atoms with Gasteiger partial charge in [-0.05, 0) is 51.1 Å². The first-order valence-corrected chi connectivity index (χ1v) is 18.0. The van der Waals surface area contributed by atoms with Crippen LogP contribution in [0.2, 0.25) is 0 Å². The molecule has 0 radical (unpaired) electrons. The number of anilines is 1. The number of amides is 1. The maximum absolute atomic E-state index is 13.7. The number of rotatable bonds is 8. The summed E-state index contributed by atoms with van der Waals surface area (Å²) in [6, 6.07) is 14.1. The highest BCUT2D eigenvalue weighted by Gasteiger charge is 2.35. The molecule has 1 aromatic carbocycles. The molecule has 0 atom stereocenters. The van der Waals surface area contributed by atoms with Crippen LogP contribution in [0.3, 0.4) is 0 Å². The third kappa shape index (κ3) is 5.78. The molecule has 2 aliphatic heterocycles. The number of piperazine rings is 1. The average molecular weight is 675 g/mol. The number of nitrogens with zero attached hydrogens (tertiary/aromatic N) is 7. The molecule has 12 nitrogen and oxygen atoms in total. The molecular weight excluding hydrogens is 637 g/mol. The number of aromatic nitrogens is 4. The van der Waals surface area contributed by atoms with Crippen LogP contribution in [0.15, 0.2) is 59.6 Å². The topological polar surface area (TPSA) is 140 Å². The minimum Gasteiger partial charge on any atom is -0.378 e. The lowest BCUT2D eigenvalue weighted by Crippen LogP contribution is -2.59. The first kappa shape index (κ1) is 31.6.